The molecule has 0 unspecified atom stereocenters. The summed E-state index contributed by atoms with van der Waals surface area (Å²) in [4.78, 5) is 10.4. The predicted octanol–water partition coefficient (Wildman–Crippen LogP) is 3.45. The van der Waals surface area contributed by atoms with Crippen molar-refractivity contribution in [1.82, 2.24) is 0 Å². The molecule has 0 fully saturated rings. The summed E-state index contributed by atoms with van der Waals surface area (Å²) in [6, 6.07) is 0. The average Bonchev–Trinajstić information content (AvgIpc) is 2.02. The van der Waals surface area contributed by atoms with Gasteiger partial charge in [-0.3, -0.25) is 4.79 Å². The third-order valence-electron chi connectivity index (χ3n) is 1.82. The number of ether oxygens (including phenoxy) is 1. The summed E-state index contributed by atoms with van der Waals surface area (Å²) < 4.78 is 4.66. The summed E-state index contributed by atoms with van der Waals surface area (Å²) in [5.41, 5.74) is 1.01. The first-order chi connectivity index (χ1) is 6.52. The molecule has 0 rings (SSSR count). The molecule has 0 aromatic heterocycles. The van der Waals surface area contributed by atoms with E-state index < -0.39 is 0 Å². The minimum Gasteiger partial charge on any atom is -0.435 e. The van der Waals surface area contributed by atoms with Crippen LogP contribution in [0.1, 0.15) is 40.0 Å². The lowest BCUT2D eigenvalue weighted by Crippen LogP contribution is -1.90. The van der Waals surface area contributed by atoms with E-state index >= 15 is 0 Å². The van der Waals surface area contributed by atoms with Crippen LogP contribution in [0.2, 0.25) is 0 Å². The number of rotatable bonds is 6. The molecular weight excluding hydrogens is 176 g/mol. The Bertz CT molecular complexity index is 214. The van der Waals surface area contributed by atoms with E-state index in [1.807, 2.05) is 0 Å². The molecule has 0 N–H and O–H groups in total. The highest BCUT2D eigenvalue weighted by atomic mass is 16.5. The van der Waals surface area contributed by atoms with Gasteiger partial charge in [0.15, 0.2) is 0 Å². The fourth-order valence-corrected chi connectivity index (χ4v) is 1.05. The maximum absolute atomic E-state index is 10.4. The van der Waals surface area contributed by atoms with Gasteiger partial charge >= 0.3 is 5.97 Å². The van der Waals surface area contributed by atoms with Crippen molar-refractivity contribution in [2.45, 2.75) is 40.0 Å². The van der Waals surface area contributed by atoms with Gasteiger partial charge in [0.05, 0.1) is 6.26 Å². The fraction of sp³-hybridized carbons (Fsp3) is 0.583. The molecule has 0 heterocycles. The molecular formula is C12H20O2. The van der Waals surface area contributed by atoms with Crippen LogP contribution in [0.5, 0.6) is 0 Å². The predicted molar refractivity (Wildman–Crippen MR) is 58.7 cm³/mol. The zero-order valence-electron chi connectivity index (χ0n) is 9.38. The second kappa shape index (κ2) is 7.36. The van der Waals surface area contributed by atoms with Crippen LogP contribution in [0, 0.1) is 5.92 Å². The first-order valence-electron chi connectivity index (χ1n) is 5.04. The summed E-state index contributed by atoms with van der Waals surface area (Å²) in [5.74, 6) is 0.441. The summed E-state index contributed by atoms with van der Waals surface area (Å²) >= 11 is 0. The molecule has 0 aromatic carbocycles. The smallest absolute Gasteiger partial charge is 0.307 e. The molecule has 14 heavy (non-hydrogen) atoms. The molecule has 0 atom stereocenters. The molecule has 0 radical (unpaired) electrons. The minimum absolute atomic E-state index is 0.295. The second-order valence-corrected chi connectivity index (χ2v) is 3.86. The largest absolute Gasteiger partial charge is 0.435 e. The molecule has 0 aliphatic carbocycles. The number of carbonyl (C=O) groups excluding carboxylic acids is 1. The molecule has 0 saturated carbocycles. The van der Waals surface area contributed by atoms with Gasteiger partial charge < -0.3 is 4.74 Å². The summed E-state index contributed by atoms with van der Waals surface area (Å²) in [5, 5.41) is 0. The SMILES string of the molecule is C=C(C=COC(C)=O)CCCC(C)C. The van der Waals surface area contributed by atoms with Crippen molar-refractivity contribution >= 4 is 5.97 Å². The number of allylic oxidation sites excluding steroid dienone is 2. The van der Waals surface area contributed by atoms with E-state index in [9.17, 15) is 4.79 Å². The fourth-order valence-electron chi connectivity index (χ4n) is 1.05. The number of carbonyl (C=O) groups is 1. The van der Waals surface area contributed by atoms with Crippen molar-refractivity contribution < 1.29 is 9.53 Å². The van der Waals surface area contributed by atoms with Crippen molar-refractivity contribution in [2.24, 2.45) is 5.92 Å². The monoisotopic (exact) mass is 196 g/mol. The van der Waals surface area contributed by atoms with Gasteiger partial charge in [0.1, 0.15) is 0 Å². The highest BCUT2D eigenvalue weighted by molar-refractivity contribution is 5.66. The van der Waals surface area contributed by atoms with Gasteiger partial charge in [0, 0.05) is 6.92 Å². The van der Waals surface area contributed by atoms with Crippen molar-refractivity contribution in [1.29, 1.82) is 0 Å². The Labute approximate surface area is 86.6 Å². The number of esters is 1. The molecule has 0 bridgehead atoms. The topological polar surface area (TPSA) is 26.3 Å². The Balaban J connectivity index is 3.55. The lowest BCUT2D eigenvalue weighted by molar-refractivity contribution is -0.135. The van der Waals surface area contributed by atoms with Gasteiger partial charge in [-0.1, -0.05) is 32.4 Å². The van der Waals surface area contributed by atoms with Crippen LogP contribution in [0.25, 0.3) is 0 Å². The van der Waals surface area contributed by atoms with Crippen molar-refractivity contribution in [3.8, 4) is 0 Å². The third-order valence-corrected chi connectivity index (χ3v) is 1.82. The quantitative estimate of drug-likeness (QED) is 0.369. The van der Waals surface area contributed by atoms with E-state index in [2.05, 4.69) is 25.2 Å². The molecule has 0 amide bonds. The van der Waals surface area contributed by atoms with Gasteiger partial charge in [0.2, 0.25) is 0 Å². The third kappa shape index (κ3) is 9.04. The molecule has 2 nitrogen and oxygen atoms in total. The summed E-state index contributed by atoms with van der Waals surface area (Å²) in [6.07, 6.45) is 6.47. The van der Waals surface area contributed by atoms with Crippen LogP contribution in [0.15, 0.2) is 24.5 Å². The second-order valence-electron chi connectivity index (χ2n) is 3.86. The lowest BCUT2D eigenvalue weighted by Gasteiger charge is -2.03. The van der Waals surface area contributed by atoms with Crippen LogP contribution >= 0.6 is 0 Å². The van der Waals surface area contributed by atoms with Crippen molar-refractivity contribution in [3.63, 3.8) is 0 Å². The molecule has 0 saturated heterocycles. The molecule has 2 heteroatoms. The van der Waals surface area contributed by atoms with E-state index in [1.54, 1.807) is 6.08 Å². The van der Waals surface area contributed by atoms with Gasteiger partial charge in [-0.25, -0.2) is 0 Å². The number of hydrogen-bond donors (Lipinski definition) is 0. The number of hydrogen-bond acceptors (Lipinski definition) is 2. The molecule has 80 valence electrons. The van der Waals surface area contributed by atoms with Crippen LogP contribution in [0.4, 0.5) is 0 Å². The molecule has 0 aromatic rings. The maximum atomic E-state index is 10.4. The van der Waals surface area contributed by atoms with Gasteiger partial charge in [0.25, 0.3) is 0 Å². The van der Waals surface area contributed by atoms with Crippen LogP contribution < -0.4 is 0 Å². The Kier molecular flexibility index (Phi) is 6.81. The Morgan fingerprint density at radius 2 is 2.14 bits per heavy atom. The molecule has 0 aliphatic rings. The van der Waals surface area contributed by atoms with E-state index in [0.29, 0.717) is 0 Å². The first-order valence-corrected chi connectivity index (χ1v) is 5.04. The van der Waals surface area contributed by atoms with E-state index in [4.69, 9.17) is 0 Å². The van der Waals surface area contributed by atoms with Crippen LogP contribution in [0.3, 0.4) is 0 Å². The first kappa shape index (κ1) is 12.9. The van der Waals surface area contributed by atoms with E-state index in [0.717, 1.165) is 24.3 Å². The standard InChI is InChI=1S/C12H20O2/c1-10(2)6-5-7-11(3)8-9-14-12(4)13/h8-10H,3,5-7H2,1-2,4H3. The molecule has 0 aliphatic heterocycles. The summed E-state index contributed by atoms with van der Waals surface area (Å²) in [6.45, 7) is 9.66. The summed E-state index contributed by atoms with van der Waals surface area (Å²) in [7, 11) is 0. The Morgan fingerprint density at radius 1 is 1.50 bits per heavy atom. The maximum Gasteiger partial charge on any atom is 0.307 e. The van der Waals surface area contributed by atoms with Crippen LogP contribution in [-0.4, -0.2) is 5.97 Å². The van der Waals surface area contributed by atoms with Crippen molar-refractivity contribution in [3.05, 3.63) is 24.5 Å². The molecule has 0 spiro atoms. The Morgan fingerprint density at radius 3 is 2.64 bits per heavy atom. The lowest BCUT2D eigenvalue weighted by atomic mass is 10.0. The van der Waals surface area contributed by atoms with E-state index in [1.165, 1.54) is 19.6 Å². The normalized spacial score (nSPS) is 10.9. The van der Waals surface area contributed by atoms with Crippen LogP contribution in [-0.2, 0) is 9.53 Å². The minimum atomic E-state index is -0.295. The van der Waals surface area contributed by atoms with Gasteiger partial charge in [-0.05, 0) is 24.8 Å². The van der Waals surface area contributed by atoms with Gasteiger partial charge in [-0.2, -0.15) is 0 Å². The Hall–Kier alpha value is -1.05. The highest BCUT2D eigenvalue weighted by Crippen LogP contribution is 2.11. The van der Waals surface area contributed by atoms with Crippen molar-refractivity contribution in [2.75, 3.05) is 0 Å². The zero-order valence-corrected chi connectivity index (χ0v) is 9.38. The zero-order chi connectivity index (χ0) is 11.0. The average molecular weight is 196 g/mol. The van der Waals surface area contributed by atoms with Gasteiger partial charge in [-0.15, -0.1) is 0 Å². The highest BCUT2D eigenvalue weighted by Gasteiger charge is 1.95. The van der Waals surface area contributed by atoms with E-state index in [-0.39, 0.29) is 5.97 Å².